The molecule has 1 nitrogen and oxygen atoms in total. The zero-order valence-electron chi connectivity index (χ0n) is 46.4. The molecule has 0 amide bonds. The molecule has 1 fully saturated rings. The molecule has 83 heavy (non-hydrogen) atoms. The first-order chi connectivity index (χ1) is 41.0. The monoisotopic (exact) mass is 1060 g/mol. The Labute approximate surface area is 485 Å². The van der Waals surface area contributed by atoms with E-state index in [1.807, 2.05) is 0 Å². The molecule has 2 aliphatic carbocycles. The zero-order valence-corrected chi connectivity index (χ0v) is 46.4. The highest BCUT2D eigenvalue weighted by molar-refractivity contribution is 6.22. The first-order valence-electron chi connectivity index (χ1n) is 29.5. The Morgan fingerprint density at radius 2 is 0.916 bits per heavy atom. The standard InChI is InChI=1S/C82H59N/c1-53-25-28-62(29-26-53)82-76-46-43-69(83(68-42-36-55-13-5-6-18-63(55)49-68)67-40-37-59(38-41-67)73-24-12-20-57-15-8-10-22-71(57)73)52-80(76)81(61-16-3-2-4-17-61)75-45-39-65(51-79(75)82)77(48-54-27-44-74-64(47-54)34-35-66-50-78(66)74)60-32-30-58(31-33-60)72-23-11-19-56-14-7-9-21-70(56)72/h2-47,49,51-52,66,77-78H,48,50H2,1H3. The van der Waals surface area contributed by atoms with Gasteiger partial charge in [0.1, 0.15) is 0 Å². The molecule has 0 N–H and O–H groups in total. The zero-order chi connectivity index (χ0) is 55.0. The fraction of sp³-hybridized carbons (Fsp3) is 0.0732. The molecule has 3 unspecified atom stereocenters. The summed E-state index contributed by atoms with van der Waals surface area (Å²) in [4.78, 5) is 2.45. The normalized spacial score (nSPS) is 14.7. The van der Waals surface area contributed by atoms with Crippen LogP contribution in [0.25, 0.3) is 104 Å². The van der Waals surface area contributed by atoms with E-state index in [2.05, 4.69) is 309 Å². The summed E-state index contributed by atoms with van der Waals surface area (Å²) in [7, 11) is 0. The van der Waals surface area contributed by atoms with Crippen LogP contribution in [0.2, 0.25) is 0 Å². The largest absolute Gasteiger partial charge is 0.310 e. The predicted octanol–water partition coefficient (Wildman–Crippen LogP) is 22.4. The minimum absolute atomic E-state index is 0.0897. The molecule has 14 aromatic carbocycles. The number of anilines is 3. The van der Waals surface area contributed by atoms with Crippen LogP contribution in [-0.4, -0.2) is 0 Å². The summed E-state index contributed by atoms with van der Waals surface area (Å²) >= 11 is 0. The highest BCUT2D eigenvalue weighted by atomic mass is 15.1. The summed E-state index contributed by atoms with van der Waals surface area (Å²) in [5.74, 6) is 1.49. The minimum atomic E-state index is 0.0897. The van der Waals surface area contributed by atoms with E-state index in [1.165, 1.54) is 138 Å². The van der Waals surface area contributed by atoms with E-state index in [4.69, 9.17) is 0 Å². The van der Waals surface area contributed by atoms with Crippen molar-refractivity contribution in [1.29, 1.82) is 0 Å². The molecule has 16 rings (SSSR count). The summed E-state index contributed by atoms with van der Waals surface area (Å²) in [6, 6.07) is 107. The molecule has 14 aromatic rings. The molecule has 392 valence electrons. The first-order valence-corrected chi connectivity index (χ1v) is 29.5. The molecule has 0 spiro atoms. The second-order valence-electron chi connectivity index (χ2n) is 23.2. The number of nitrogens with zero attached hydrogens (tertiary/aromatic N) is 1. The van der Waals surface area contributed by atoms with Crippen molar-refractivity contribution in [3.8, 4) is 44.5 Å². The van der Waals surface area contributed by atoms with Gasteiger partial charge in [0, 0.05) is 23.0 Å². The maximum absolute atomic E-state index is 2.56. The third-order valence-corrected chi connectivity index (χ3v) is 18.2. The van der Waals surface area contributed by atoms with Gasteiger partial charge in [-0.15, -0.1) is 0 Å². The van der Waals surface area contributed by atoms with Crippen LogP contribution in [0.4, 0.5) is 17.1 Å². The van der Waals surface area contributed by atoms with E-state index in [1.54, 1.807) is 0 Å². The second kappa shape index (κ2) is 20.2. The van der Waals surface area contributed by atoms with Gasteiger partial charge in [-0.25, -0.2) is 0 Å². The third-order valence-electron chi connectivity index (χ3n) is 18.2. The van der Waals surface area contributed by atoms with E-state index in [9.17, 15) is 0 Å². The number of hydrogen-bond donors (Lipinski definition) is 0. The average molecular weight is 1060 g/mol. The van der Waals surface area contributed by atoms with Gasteiger partial charge in [0.25, 0.3) is 0 Å². The van der Waals surface area contributed by atoms with E-state index in [0.29, 0.717) is 11.8 Å². The molecule has 3 atom stereocenters. The van der Waals surface area contributed by atoms with Crippen molar-refractivity contribution in [3.63, 3.8) is 0 Å². The number of rotatable bonds is 11. The van der Waals surface area contributed by atoms with E-state index >= 15 is 0 Å². The summed E-state index contributed by atoms with van der Waals surface area (Å²) in [6.07, 6.45) is 6.99. The van der Waals surface area contributed by atoms with Gasteiger partial charge >= 0.3 is 0 Å². The topological polar surface area (TPSA) is 3.24 Å². The summed E-state index contributed by atoms with van der Waals surface area (Å²) in [5, 5.41) is 12.4. The number of aryl methyl sites for hydroxylation is 1. The van der Waals surface area contributed by atoms with Crippen molar-refractivity contribution in [1.82, 2.24) is 0 Å². The van der Waals surface area contributed by atoms with Gasteiger partial charge < -0.3 is 4.90 Å². The Morgan fingerprint density at radius 1 is 0.373 bits per heavy atom. The summed E-state index contributed by atoms with van der Waals surface area (Å²) in [6.45, 7) is 2.19. The van der Waals surface area contributed by atoms with Crippen LogP contribution in [0.1, 0.15) is 51.6 Å². The lowest BCUT2D eigenvalue weighted by molar-refractivity contribution is 0.805. The Bertz CT molecular complexity index is 4850. The van der Waals surface area contributed by atoms with E-state index in [-0.39, 0.29) is 5.92 Å². The number of allylic oxidation sites excluding steroid dienone is 1. The molecule has 0 aromatic heterocycles. The van der Waals surface area contributed by atoms with Crippen molar-refractivity contribution >= 4 is 77.0 Å². The average Bonchev–Trinajstić information content (AvgIpc) is 3.65. The Hall–Kier alpha value is -10.1. The van der Waals surface area contributed by atoms with Crippen molar-refractivity contribution in [3.05, 3.63) is 325 Å². The quantitative estimate of drug-likeness (QED) is 0.117. The van der Waals surface area contributed by atoms with E-state index in [0.717, 1.165) is 23.5 Å². The molecule has 1 saturated carbocycles. The summed E-state index contributed by atoms with van der Waals surface area (Å²) in [5.41, 5.74) is 21.3. The van der Waals surface area contributed by atoms with E-state index < -0.39 is 0 Å². The number of benzene rings is 14. The highest BCUT2D eigenvalue weighted by Gasteiger charge is 2.39. The van der Waals surface area contributed by atoms with Crippen LogP contribution in [0, 0.1) is 12.8 Å². The van der Waals surface area contributed by atoms with Crippen LogP contribution in [0.15, 0.2) is 291 Å². The van der Waals surface area contributed by atoms with Crippen LogP contribution in [0.3, 0.4) is 0 Å². The van der Waals surface area contributed by atoms with Gasteiger partial charge in [-0.2, -0.15) is 0 Å². The molecular weight excluding hydrogens is 999 g/mol. The van der Waals surface area contributed by atoms with Gasteiger partial charge in [-0.3, -0.25) is 0 Å². The Kier molecular flexibility index (Phi) is 11.9. The van der Waals surface area contributed by atoms with Crippen molar-refractivity contribution in [2.75, 3.05) is 4.90 Å². The molecule has 1 heteroatoms. The van der Waals surface area contributed by atoms with Crippen molar-refractivity contribution in [2.24, 2.45) is 5.92 Å². The molecule has 2 aliphatic rings. The molecule has 0 bridgehead atoms. The molecule has 0 heterocycles. The SMILES string of the molecule is Cc1ccc(-c2c3ccc(N(c4ccc(-c5cccc6ccccc56)cc4)c4ccc5ccccc5c4)cc3c(-c3ccccc3)c3ccc(C(Cc4ccc5c(c4)C=CC4CC54)c4ccc(-c5cccc6ccccc56)cc4)cc23)cc1. The first kappa shape index (κ1) is 48.8. The fourth-order valence-corrected chi connectivity index (χ4v) is 13.8. The van der Waals surface area contributed by atoms with Crippen LogP contribution < -0.4 is 4.90 Å². The van der Waals surface area contributed by atoms with Gasteiger partial charge in [-0.1, -0.05) is 260 Å². The maximum Gasteiger partial charge on any atom is 0.0468 e. The van der Waals surface area contributed by atoms with Crippen LogP contribution in [-0.2, 0) is 6.42 Å². The van der Waals surface area contributed by atoms with Gasteiger partial charge in [0.2, 0.25) is 0 Å². The number of fused-ring (bicyclic) bond motifs is 8. The van der Waals surface area contributed by atoms with Gasteiger partial charge in [-0.05, 0) is 200 Å². The Balaban J connectivity index is 0.895. The smallest absolute Gasteiger partial charge is 0.0468 e. The molecule has 0 saturated heterocycles. The summed E-state index contributed by atoms with van der Waals surface area (Å²) < 4.78 is 0. The predicted molar refractivity (Wildman–Crippen MR) is 353 cm³/mol. The lowest BCUT2D eigenvalue weighted by atomic mass is 9.80. The van der Waals surface area contributed by atoms with Crippen molar-refractivity contribution < 1.29 is 0 Å². The highest BCUT2D eigenvalue weighted by Crippen LogP contribution is 2.53. The van der Waals surface area contributed by atoms with Crippen LogP contribution >= 0.6 is 0 Å². The van der Waals surface area contributed by atoms with Gasteiger partial charge in [0.15, 0.2) is 0 Å². The lowest BCUT2D eigenvalue weighted by Crippen LogP contribution is -2.10. The molecular formula is C82H59N. The lowest BCUT2D eigenvalue weighted by Gasteiger charge is -2.28. The minimum Gasteiger partial charge on any atom is -0.310 e. The van der Waals surface area contributed by atoms with Crippen LogP contribution in [0.5, 0.6) is 0 Å². The second-order valence-corrected chi connectivity index (χ2v) is 23.2. The third kappa shape index (κ3) is 8.80. The number of hydrogen-bond acceptors (Lipinski definition) is 1. The molecule has 0 aliphatic heterocycles. The fourth-order valence-electron chi connectivity index (χ4n) is 13.8. The molecule has 0 radical (unpaired) electrons. The van der Waals surface area contributed by atoms with Gasteiger partial charge in [0.05, 0.1) is 0 Å². The van der Waals surface area contributed by atoms with Crippen molar-refractivity contribution in [2.45, 2.75) is 31.6 Å². The maximum atomic E-state index is 2.56. The Morgan fingerprint density at radius 3 is 1.63 bits per heavy atom.